The average Bonchev–Trinajstić information content (AvgIpc) is 3.59. The van der Waals surface area contributed by atoms with Crippen LogP contribution in [0.2, 0.25) is 5.02 Å². The molecule has 0 aliphatic rings. The number of hydrogen-bond donors (Lipinski definition) is 1. The Morgan fingerprint density at radius 3 is 2.22 bits per heavy atom. The van der Waals surface area contributed by atoms with Crippen LogP contribution in [-0.2, 0) is 19.6 Å². The molecule has 5 aromatic rings. The van der Waals surface area contributed by atoms with Gasteiger partial charge in [0.1, 0.15) is 35.9 Å². The lowest BCUT2D eigenvalue weighted by atomic mass is 10.1. The Kier molecular flexibility index (Phi) is 13.1. The first-order valence-corrected chi connectivity index (χ1v) is 16.2. The van der Waals surface area contributed by atoms with Gasteiger partial charge >= 0.3 is 0 Å². The minimum Gasteiger partial charge on any atom is -0.497 e. The first-order valence-electron chi connectivity index (χ1n) is 15.8. The molecular weight excluding hydrogens is 596 g/mol. The van der Waals surface area contributed by atoms with Crippen LogP contribution in [0.25, 0.3) is 11.4 Å². The second-order valence-electron chi connectivity index (χ2n) is 10.3. The number of nitrogens with zero attached hydrogens (tertiary/aromatic N) is 3. The summed E-state index contributed by atoms with van der Waals surface area (Å²) in [5.41, 5.74) is 4.89. The van der Waals surface area contributed by atoms with Crippen molar-refractivity contribution in [2.24, 2.45) is 0 Å². The van der Waals surface area contributed by atoms with Gasteiger partial charge in [-0.3, -0.25) is 0 Å². The molecule has 0 aliphatic carbocycles. The van der Waals surface area contributed by atoms with Crippen LogP contribution in [0.5, 0.6) is 23.0 Å². The topological polar surface area (TPSA) is 70.4 Å². The number of methoxy groups -OCH3 is 1. The molecule has 4 aromatic carbocycles. The number of allylic oxidation sites excluding steroid dienone is 1. The molecule has 0 aliphatic heterocycles. The highest BCUT2D eigenvalue weighted by molar-refractivity contribution is 6.32. The van der Waals surface area contributed by atoms with Gasteiger partial charge in [0.15, 0.2) is 5.82 Å². The van der Waals surface area contributed by atoms with E-state index >= 15 is 0 Å². The molecule has 8 heteroatoms. The van der Waals surface area contributed by atoms with Crippen molar-refractivity contribution in [3.8, 4) is 28.7 Å². The summed E-state index contributed by atoms with van der Waals surface area (Å²) in [6, 6.07) is 29.6. The zero-order valence-corrected chi connectivity index (χ0v) is 28.1. The number of nitrogens with one attached hydrogen (secondary N) is 1. The molecule has 0 unspecified atom stereocenters. The van der Waals surface area contributed by atoms with Crippen LogP contribution in [0, 0.1) is 0 Å². The van der Waals surface area contributed by atoms with Gasteiger partial charge in [0.2, 0.25) is 0 Å². The number of aromatic nitrogens is 3. The molecule has 5 rings (SSSR count). The van der Waals surface area contributed by atoms with E-state index in [0.717, 1.165) is 64.6 Å². The Bertz CT molecular complexity index is 1670. The van der Waals surface area contributed by atoms with E-state index in [1.165, 1.54) is 0 Å². The van der Waals surface area contributed by atoms with Crippen LogP contribution in [-0.4, -0.2) is 21.9 Å². The quantitative estimate of drug-likeness (QED) is 0.131. The molecule has 0 spiro atoms. The molecule has 0 amide bonds. The van der Waals surface area contributed by atoms with Gasteiger partial charge in [0.05, 0.1) is 23.5 Å². The van der Waals surface area contributed by atoms with Crippen LogP contribution >= 0.6 is 11.6 Å². The Balaban J connectivity index is 0.00000235. The summed E-state index contributed by atoms with van der Waals surface area (Å²) in [7, 11) is 1.66. The maximum absolute atomic E-state index is 6.79. The molecule has 1 aromatic heterocycles. The largest absolute Gasteiger partial charge is 0.497 e. The van der Waals surface area contributed by atoms with Crippen molar-refractivity contribution in [2.75, 3.05) is 7.11 Å². The fourth-order valence-electron chi connectivity index (χ4n) is 4.72. The number of rotatable bonds is 14. The highest BCUT2D eigenvalue weighted by Crippen LogP contribution is 2.33. The minimum atomic E-state index is 0.410. The molecule has 46 heavy (non-hydrogen) atoms. The van der Waals surface area contributed by atoms with E-state index in [2.05, 4.69) is 48.4 Å². The van der Waals surface area contributed by atoms with Crippen LogP contribution in [0.1, 0.15) is 63.1 Å². The zero-order chi connectivity index (χ0) is 32.7. The second-order valence-corrected chi connectivity index (χ2v) is 10.7. The monoisotopic (exact) mass is 638 g/mol. The zero-order valence-electron chi connectivity index (χ0n) is 27.3. The first-order chi connectivity index (χ1) is 22.6. The summed E-state index contributed by atoms with van der Waals surface area (Å²) in [6.07, 6.45) is 6.43. The highest BCUT2D eigenvalue weighted by Gasteiger charge is 2.15. The summed E-state index contributed by atoms with van der Waals surface area (Å²) >= 11 is 6.79. The van der Waals surface area contributed by atoms with Crippen LogP contribution < -0.4 is 19.5 Å². The van der Waals surface area contributed by atoms with Gasteiger partial charge < -0.3 is 19.5 Å². The first kappa shape index (κ1) is 34.1. The number of aryl methyl sites for hydroxylation is 1. The molecule has 0 saturated heterocycles. The summed E-state index contributed by atoms with van der Waals surface area (Å²) in [5.74, 6) is 3.73. The van der Waals surface area contributed by atoms with Crippen molar-refractivity contribution < 1.29 is 14.2 Å². The average molecular weight is 639 g/mol. The van der Waals surface area contributed by atoms with E-state index in [-0.39, 0.29) is 0 Å². The molecule has 0 radical (unpaired) electrons. The van der Waals surface area contributed by atoms with Crippen molar-refractivity contribution in [2.45, 2.75) is 60.1 Å². The molecular formula is C38H43ClN4O3. The molecule has 0 bridgehead atoms. The maximum atomic E-state index is 6.79. The van der Waals surface area contributed by atoms with Crippen molar-refractivity contribution >= 4 is 17.3 Å². The molecule has 240 valence electrons. The number of para-hydroxylation sites is 1. The third-order valence-corrected chi connectivity index (χ3v) is 7.24. The summed E-state index contributed by atoms with van der Waals surface area (Å²) in [5, 5.41) is 8.85. The lowest BCUT2D eigenvalue weighted by Crippen LogP contribution is -2.13. The van der Waals surface area contributed by atoms with Crippen molar-refractivity contribution in [1.29, 1.82) is 0 Å². The van der Waals surface area contributed by atoms with E-state index in [4.69, 9.17) is 30.9 Å². The van der Waals surface area contributed by atoms with Gasteiger partial charge in [-0.1, -0.05) is 94.3 Å². The maximum Gasteiger partial charge on any atom is 0.197 e. The minimum absolute atomic E-state index is 0.410. The van der Waals surface area contributed by atoms with Gasteiger partial charge in [0.25, 0.3) is 0 Å². The van der Waals surface area contributed by atoms with Gasteiger partial charge in [0, 0.05) is 6.54 Å². The number of hydrogen-bond acceptors (Lipinski definition) is 6. The van der Waals surface area contributed by atoms with Crippen LogP contribution in [0.4, 0.5) is 0 Å². The molecule has 1 heterocycles. The predicted octanol–water partition coefficient (Wildman–Crippen LogP) is 9.82. The fourth-order valence-corrected chi connectivity index (χ4v) is 5.00. The Labute approximate surface area is 277 Å². The van der Waals surface area contributed by atoms with Crippen molar-refractivity contribution in [3.05, 3.63) is 131 Å². The van der Waals surface area contributed by atoms with Crippen molar-refractivity contribution in [1.82, 2.24) is 20.1 Å². The van der Waals surface area contributed by atoms with Crippen LogP contribution in [0.3, 0.4) is 0 Å². The molecule has 0 atom stereocenters. The third kappa shape index (κ3) is 9.38. The van der Waals surface area contributed by atoms with E-state index in [9.17, 15) is 0 Å². The number of benzene rings is 4. The molecule has 0 saturated carbocycles. The van der Waals surface area contributed by atoms with E-state index in [0.29, 0.717) is 29.7 Å². The molecule has 7 nitrogen and oxygen atoms in total. The highest BCUT2D eigenvalue weighted by atomic mass is 35.5. The Morgan fingerprint density at radius 2 is 1.54 bits per heavy atom. The van der Waals surface area contributed by atoms with Gasteiger partial charge in [-0.25, -0.2) is 9.67 Å². The Hall–Kier alpha value is -4.75. The fraction of sp³-hybridized carbons (Fsp3) is 0.263. The third-order valence-electron chi connectivity index (χ3n) is 6.96. The molecule has 1 N–H and O–H groups in total. The standard InChI is InChI=1S/C36H37ClN4O3.C2H6/c1-4-9-28-21-29(22-33(37)35(28)43-24-27-15-17-30(42-3)18-16-27)41-25-39-36(40-41)34(10-5-2)38-23-26-13-19-32(20-14-26)44-31-11-7-6-8-12-31;1-2/h6-8,10-22,25,38H,4-5,9,23-24H2,1-3H3;1-2H3/b34-10+;. The summed E-state index contributed by atoms with van der Waals surface area (Å²) < 4.78 is 19.1. The number of halogens is 1. The van der Waals surface area contributed by atoms with Gasteiger partial charge in [-0.05, 0) is 78.1 Å². The predicted molar refractivity (Wildman–Crippen MR) is 187 cm³/mol. The lowest BCUT2D eigenvalue weighted by molar-refractivity contribution is 0.302. The molecule has 0 fully saturated rings. The van der Waals surface area contributed by atoms with Crippen LogP contribution in [0.15, 0.2) is 103 Å². The normalized spacial score (nSPS) is 11.0. The summed E-state index contributed by atoms with van der Waals surface area (Å²) in [4.78, 5) is 4.62. The van der Waals surface area contributed by atoms with E-state index < -0.39 is 0 Å². The Morgan fingerprint density at radius 1 is 0.870 bits per heavy atom. The smallest absolute Gasteiger partial charge is 0.197 e. The van der Waals surface area contributed by atoms with E-state index in [1.807, 2.05) is 86.6 Å². The van der Waals surface area contributed by atoms with E-state index in [1.54, 1.807) is 18.1 Å². The van der Waals surface area contributed by atoms with Gasteiger partial charge in [-0.15, -0.1) is 5.10 Å². The van der Waals surface area contributed by atoms with Gasteiger partial charge in [-0.2, -0.15) is 0 Å². The van der Waals surface area contributed by atoms with Crippen molar-refractivity contribution in [3.63, 3.8) is 0 Å². The lowest BCUT2D eigenvalue weighted by Gasteiger charge is -2.15. The second kappa shape index (κ2) is 17.7. The SMILES string of the molecule is CC.CC/C=C(/NCc1ccc(Oc2ccccc2)cc1)c1ncn(-c2cc(Cl)c(OCc3ccc(OC)cc3)c(CCC)c2)n1. The summed E-state index contributed by atoms with van der Waals surface area (Å²) in [6.45, 7) is 9.26. The number of ether oxygens (including phenoxy) is 3.